The van der Waals surface area contributed by atoms with Gasteiger partial charge >= 0.3 is 12.1 Å². The molecule has 426 valence electrons. The minimum atomic E-state index is -3.90. The highest BCUT2D eigenvalue weighted by Gasteiger charge is 2.53. The number of aliphatic hydroxyl groups excluding tert-OH is 3. The van der Waals surface area contributed by atoms with Crippen LogP contribution >= 0.6 is 0 Å². The second-order valence-electron chi connectivity index (χ2n) is 22.5. The highest BCUT2D eigenvalue weighted by atomic mass is 32.2. The number of aliphatic hydroxyl groups is 5. The zero-order valence-corrected chi connectivity index (χ0v) is 46.7. The molecule has 24 heteroatoms. The van der Waals surface area contributed by atoms with Crippen LogP contribution in [0, 0.1) is 17.8 Å². The average molecular weight is 1080 g/mol. The molecule has 0 radical (unpaired) electrons. The molecule has 1 amide bonds. The molecule has 23 nitrogen and oxygen atoms in total. The summed E-state index contributed by atoms with van der Waals surface area (Å²) in [5.74, 6) is -2.91. The van der Waals surface area contributed by atoms with Crippen LogP contribution in [-0.4, -0.2) is 208 Å². The first-order valence-electron chi connectivity index (χ1n) is 26.2. The van der Waals surface area contributed by atoms with E-state index in [9.17, 15) is 43.5 Å². The maximum absolute atomic E-state index is 14.5. The monoisotopic (exact) mass is 1080 g/mol. The zero-order valence-electron chi connectivity index (χ0n) is 45.9. The van der Waals surface area contributed by atoms with E-state index >= 15 is 0 Å². The van der Waals surface area contributed by atoms with Crippen LogP contribution in [0.3, 0.4) is 0 Å². The van der Waals surface area contributed by atoms with Gasteiger partial charge < -0.3 is 68.5 Å². The van der Waals surface area contributed by atoms with E-state index in [4.69, 9.17) is 38.3 Å². The topological polar surface area (TPSA) is 300 Å². The highest BCUT2D eigenvalue weighted by molar-refractivity contribution is 7.89. The second kappa shape index (κ2) is 24.3. The summed E-state index contributed by atoms with van der Waals surface area (Å²) in [6, 6.07) is 4.53. The highest BCUT2D eigenvalue weighted by Crippen LogP contribution is 2.40. The third-order valence-electron chi connectivity index (χ3n) is 16.2. The van der Waals surface area contributed by atoms with Crippen molar-refractivity contribution in [2.24, 2.45) is 22.9 Å². The van der Waals surface area contributed by atoms with Crippen LogP contribution in [0.4, 0.5) is 10.5 Å². The summed E-state index contributed by atoms with van der Waals surface area (Å²) in [5.41, 5.74) is -3.51. The molecule has 7 N–H and O–H groups in total. The molecule has 1 aromatic carbocycles. The molecule has 1 aromatic heterocycles. The van der Waals surface area contributed by atoms with Crippen molar-refractivity contribution in [1.82, 2.24) is 24.8 Å². The van der Waals surface area contributed by atoms with Crippen LogP contribution in [0.2, 0.25) is 0 Å². The number of likely N-dealkylation sites (N-methyl/N-ethyl adjacent to an activating group) is 2. The van der Waals surface area contributed by atoms with Crippen LogP contribution in [0.1, 0.15) is 101 Å². The van der Waals surface area contributed by atoms with Crippen LogP contribution in [0.15, 0.2) is 35.4 Å². The maximum atomic E-state index is 14.5. The number of cyclic esters (lactones) is 2. The Labute approximate surface area is 441 Å². The number of ether oxygens (including phenoxy) is 7. The summed E-state index contributed by atoms with van der Waals surface area (Å²) >= 11 is 0. The van der Waals surface area contributed by atoms with Crippen molar-refractivity contribution >= 4 is 27.8 Å². The van der Waals surface area contributed by atoms with Gasteiger partial charge in [-0.15, -0.1) is 5.10 Å². The van der Waals surface area contributed by atoms with Gasteiger partial charge in [-0.1, -0.05) is 26.0 Å². The van der Waals surface area contributed by atoms with E-state index < -0.39 is 130 Å². The number of carbonyl (C=O) groups is 2. The van der Waals surface area contributed by atoms with Crippen molar-refractivity contribution in [2.75, 3.05) is 45.7 Å². The van der Waals surface area contributed by atoms with Crippen LogP contribution in [0.25, 0.3) is 0 Å². The van der Waals surface area contributed by atoms with E-state index in [1.165, 1.54) is 43.2 Å². The lowest BCUT2D eigenvalue weighted by atomic mass is 9.77. The van der Waals surface area contributed by atoms with Gasteiger partial charge in [0.1, 0.15) is 36.1 Å². The third-order valence-corrected chi connectivity index (χ3v) is 17.1. The summed E-state index contributed by atoms with van der Waals surface area (Å²) in [6.45, 7) is 18.6. The summed E-state index contributed by atoms with van der Waals surface area (Å²) in [5, 5.41) is 73.6. The smallest absolute Gasteiger partial charge is 0.414 e. The van der Waals surface area contributed by atoms with Crippen molar-refractivity contribution in [3.05, 3.63) is 36.2 Å². The predicted octanol–water partition coefficient (Wildman–Crippen LogP) is 1.78. The Bertz CT molecular complexity index is 2330. The lowest BCUT2D eigenvalue weighted by Gasteiger charge is -2.49. The van der Waals surface area contributed by atoms with Crippen molar-refractivity contribution in [3.63, 3.8) is 0 Å². The number of amides is 1. The number of hydrogen-bond donors (Lipinski definition) is 6. The molecular weight excluding hydrogens is 999 g/mol. The molecular formula is C51H85N7O16S. The first-order valence-corrected chi connectivity index (χ1v) is 27.7. The summed E-state index contributed by atoms with van der Waals surface area (Å²) < 4.78 is 68.8. The molecule has 0 aliphatic carbocycles. The van der Waals surface area contributed by atoms with Crippen LogP contribution < -0.4 is 10.0 Å². The van der Waals surface area contributed by atoms with E-state index in [-0.39, 0.29) is 43.2 Å². The quantitative estimate of drug-likeness (QED) is 0.147. The molecule has 5 heterocycles. The molecule has 19 atom stereocenters. The first-order chi connectivity index (χ1) is 34.9. The number of hydrogen-bond acceptors (Lipinski definition) is 20. The van der Waals surface area contributed by atoms with Gasteiger partial charge in [-0.05, 0) is 112 Å². The van der Waals surface area contributed by atoms with Gasteiger partial charge in [0, 0.05) is 62.9 Å². The van der Waals surface area contributed by atoms with E-state index in [0.717, 1.165) is 0 Å². The number of benzene rings is 1. The number of rotatable bonds is 14. The largest absolute Gasteiger partial charge is 0.459 e. The Morgan fingerprint density at radius 3 is 2.23 bits per heavy atom. The Hall–Kier alpha value is -3.47. The minimum absolute atomic E-state index is 0.0762. The van der Waals surface area contributed by atoms with Gasteiger partial charge in [0.25, 0.3) is 0 Å². The number of primary sulfonamides is 1. The first kappa shape index (κ1) is 60.8. The minimum Gasteiger partial charge on any atom is -0.459 e. The lowest BCUT2D eigenvalue weighted by molar-refractivity contribution is -0.318. The summed E-state index contributed by atoms with van der Waals surface area (Å²) in [6.07, 6.45) is -8.51. The molecule has 4 aliphatic heterocycles. The average Bonchev–Trinajstić information content (AvgIpc) is 3.96. The van der Waals surface area contributed by atoms with Gasteiger partial charge in [0.15, 0.2) is 12.6 Å². The normalized spacial score (nSPS) is 40.2. The number of esters is 1. The molecule has 75 heavy (non-hydrogen) atoms. The fourth-order valence-corrected chi connectivity index (χ4v) is 12.0. The standard InChI is InChI=1S/C51H85N7O16S/c1-14-39-51(10,65)43(60)32(6)56(12)24-28(2)22-49(8,64)45(30(4)42(31(5)46(62)72-39)73-40-23-50(9,68-13)44(61)33(7)70-40)74-47-41(59)38(21-29(3)69-47)55(11)20-19-34-25-57(54-53-34)26-36-27-58(48(63)71-36)35-15-17-37(18-16-35)75(52,66)67/h15-18,25,28-33,36,38-45,47,59-61,64-65H,14,19-24,26-27H2,1-13H3,(H2,52,66,67)/t28-,29-,30-,31-,32-,33+,36+,38+,39-,40-,41-,42-,43-,44+,45+,47+,49?,50-,51-/m1/s1. The summed E-state index contributed by atoms with van der Waals surface area (Å²) in [4.78, 5) is 32.5. The number of anilines is 1. The number of nitrogens with two attached hydrogens (primary N) is 1. The molecule has 4 aliphatic rings. The molecule has 4 saturated heterocycles. The van der Waals surface area contributed by atoms with E-state index in [1.807, 2.05) is 37.7 Å². The van der Waals surface area contributed by atoms with Gasteiger partial charge in [-0.3, -0.25) is 9.69 Å². The van der Waals surface area contributed by atoms with E-state index in [1.54, 1.807) is 59.3 Å². The Balaban J connectivity index is 1.22. The molecule has 0 bridgehead atoms. The number of nitrogens with zero attached hydrogens (tertiary/aromatic N) is 6. The fourth-order valence-electron chi connectivity index (χ4n) is 11.5. The summed E-state index contributed by atoms with van der Waals surface area (Å²) in [7, 11) is 1.28. The van der Waals surface area contributed by atoms with Crippen molar-refractivity contribution in [1.29, 1.82) is 0 Å². The molecule has 1 unspecified atom stereocenters. The molecule has 0 saturated carbocycles. The maximum Gasteiger partial charge on any atom is 0.414 e. The van der Waals surface area contributed by atoms with Crippen LogP contribution in [0.5, 0.6) is 0 Å². The van der Waals surface area contributed by atoms with Crippen molar-refractivity contribution < 1.29 is 76.7 Å². The van der Waals surface area contributed by atoms with Crippen molar-refractivity contribution in [3.8, 4) is 0 Å². The van der Waals surface area contributed by atoms with E-state index in [2.05, 4.69) is 10.3 Å². The van der Waals surface area contributed by atoms with Gasteiger partial charge in [-0.2, -0.15) is 0 Å². The number of carbonyl (C=O) groups excluding carboxylic acids is 2. The molecule has 4 fully saturated rings. The van der Waals surface area contributed by atoms with E-state index in [0.29, 0.717) is 37.3 Å². The third kappa shape index (κ3) is 14.1. The Kier molecular flexibility index (Phi) is 19.7. The predicted molar refractivity (Wildman–Crippen MR) is 272 cm³/mol. The number of methoxy groups -OCH3 is 1. The van der Waals surface area contributed by atoms with Crippen molar-refractivity contribution in [2.45, 2.75) is 209 Å². The second-order valence-corrected chi connectivity index (χ2v) is 24.1. The van der Waals surface area contributed by atoms with Gasteiger partial charge in [0.05, 0.1) is 65.2 Å². The number of aromatic nitrogens is 3. The van der Waals surface area contributed by atoms with Gasteiger partial charge in [-0.25, -0.2) is 23.0 Å². The molecule has 6 rings (SSSR count). The zero-order chi connectivity index (χ0) is 55.7. The fraction of sp³-hybridized carbons (Fsp3) is 0.804. The van der Waals surface area contributed by atoms with Gasteiger partial charge in [0.2, 0.25) is 10.0 Å². The Morgan fingerprint density at radius 1 is 0.933 bits per heavy atom. The SMILES string of the molecule is CC[C@H]1OC(=O)[C@H](C)[C@H](O[C@@H]2C[C@@](C)(OC)[C@@H](O)[C@H](C)O2)[C@@H](C)[C@H](O[C@@H]2O[C@H](C)C[C@H](N(C)CCc3cn(C[C@H]4CN(c5ccc(S(N)(=O)=O)cc5)C(=O)O4)nn3)[C@H]2O)C(C)(O)C[C@@H](C)CN(C)[C@H](C)[C@@H](O)[C@]1(C)O. The van der Waals surface area contributed by atoms with Crippen LogP contribution in [-0.2, 0) is 60.9 Å². The lowest BCUT2D eigenvalue weighted by Crippen LogP contribution is -2.61. The Morgan fingerprint density at radius 2 is 1.60 bits per heavy atom. The molecule has 2 aromatic rings. The number of sulfonamides is 1. The molecule has 0 spiro atoms.